The number of hydrogen-bond donors (Lipinski definition) is 0. The number of thiazole rings is 1. The highest BCUT2D eigenvalue weighted by Gasteiger charge is 2.26. The highest BCUT2D eigenvalue weighted by atomic mass is 32.1. The highest BCUT2D eigenvalue weighted by molar-refractivity contribution is 7.18. The van der Waals surface area contributed by atoms with Crippen molar-refractivity contribution in [2.24, 2.45) is 0 Å². The molecule has 1 aliphatic rings. The third-order valence-corrected chi connectivity index (χ3v) is 6.73. The zero-order chi connectivity index (χ0) is 20.5. The van der Waals surface area contributed by atoms with Crippen LogP contribution < -0.4 is 4.90 Å². The van der Waals surface area contributed by atoms with E-state index in [-0.39, 0.29) is 5.91 Å². The Labute approximate surface area is 180 Å². The smallest absolute Gasteiger partial charge is 0.233 e. The maximum atomic E-state index is 13.3. The molecular weight excluding hydrogens is 388 g/mol. The molecule has 4 heteroatoms. The number of rotatable bonds is 4. The molecule has 0 unspecified atom stereocenters. The summed E-state index contributed by atoms with van der Waals surface area (Å²) in [7, 11) is 0. The molecule has 0 fully saturated rings. The van der Waals surface area contributed by atoms with E-state index in [9.17, 15) is 4.79 Å². The van der Waals surface area contributed by atoms with Gasteiger partial charge in [0.05, 0.1) is 17.0 Å². The topological polar surface area (TPSA) is 33.2 Å². The Hall–Kier alpha value is -3.24. The molecule has 5 rings (SSSR count). The van der Waals surface area contributed by atoms with E-state index in [0.717, 1.165) is 45.4 Å². The molecule has 0 N–H and O–H groups in total. The summed E-state index contributed by atoms with van der Waals surface area (Å²) in [5.74, 6) is 0.109. The summed E-state index contributed by atoms with van der Waals surface area (Å²) in [6.45, 7) is 2.83. The number of aromatic nitrogens is 1. The standard InChI is InChI=1S/C26H22N2OS/c1-18-11-13-20(14-12-18)25-22(27-26(30-25)21-8-3-2-4-9-21)17-24(29)28-16-15-19-7-5-6-10-23(19)28/h2-14H,15-17H2,1H3. The van der Waals surface area contributed by atoms with Gasteiger partial charge >= 0.3 is 0 Å². The number of para-hydroxylation sites is 1. The number of nitrogens with zero attached hydrogens (tertiary/aromatic N) is 2. The van der Waals surface area contributed by atoms with Crippen molar-refractivity contribution in [3.05, 3.63) is 95.7 Å². The predicted octanol–water partition coefficient (Wildman–Crippen LogP) is 5.92. The fourth-order valence-corrected chi connectivity index (χ4v) is 5.03. The summed E-state index contributed by atoms with van der Waals surface area (Å²) in [4.78, 5) is 21.2. The van der Waals surface area contributed by atoms with Gasteiger partial charge in [-0.25, -0.2) is 4.98 Å². The SMILES string of the molecule is Cc1ccc(-c2sc(-c3ccccc3)nc2CC(=O)N2CCc3ccccc32)cc1. The Kier molecular flexibility index (Phi) is 4.93. The van der Waals surface area contributed by atoms with Gasteiger partial charge in [-0.15, -0.1) is 11.3 Å². The van der Waals surface area contributed by atoms with Crippen molar-refractivity contribution in [3.8, 4) is 21.0 Å². The lowest BCUT2D eigenvalue weighted by Gasteiger charge is -2.17. The largest absolute Gasteiger partial charge is 0.311 e. The van der Waals surface area contributed by atoms with Crippen LogP contribution in [0.15, 0.2) is 78.9 Å². The molecule has 1 aliphatic heterocycles. The molecule has 4 aromatic rings. The molecule has 30 heavy (non-hydrogen) atoms. The summed E-state index contributed by atoms with van der Waals surface area (Å²) in [5.41, 5.74) is 6.56. The monoisotopic (exact) mass is 410 g/mol. The molecule has 1 aromatic heterocycles. The van der Waals surface area contributed by atoms with Crippen molar-refractivity contribution >= 4 is 22.9 Å². The lowest BCUT2D eigenvalue weighted by atomic mass is 10.1. The van der Waals surface area contributed by atoms with Crippen molar-refractivity contribution in [2.75, 3.05) is 11.4 Å². The highest BCUT2D eigenvalue weighted by Crippen LogP contribution is 2.37. The summed E-state index contributed by atoms with van der Waals surface area (Å²) in [5, 5.41) is 0.954. The van der Waals surface area contributed by atoms with Crippen LogP contribution in [-0.4, -0.2) is 17.4 Å². The molecule has 0 atom stereocenters. The zero-order valence-electron chi connectivity index (χ0n) is 16.8. The van der Waals surface area contributed by atoms with Crippen molar-refractivity contribution in [1.82, 2.24) is 4.98 Å². The lowest BCUT2D eigenvalue weighted by molar-refractivity contribution is -0.117. The van der Waals surface area contributed by atoms with Crippen LogP contribution in [0.25, 0.3) is 21.0 Å². The molecule has 3 aromatic carbocycles. The van der Waals surface area contributed by atoms with Gasteiger partial charge in [-0.2, -0.15) is 0 Å². The Bertz CT molecular complexity index is 1200. The van der Waals surface area contributed by atoms with Crippen molar-refractivity contribution < 1.29 is 4.79 Å². The second kappa shape index (κ2) is 7.88. The predicted molar refractivity (Wildman–Crippen MR) is 124 cm³/mol. The van der Waals surface area contributed by atoms with Crippen LogP contribution in [0.1, 0.15) is 16.8 Å². The van der Waals surface area contributed by atoms with Crippen LogP contribution >= 0.6 is 11.3 Å². The molecule has 3 nitrogen and oxygen atoms in total. The Morgan fingerprint density at radius 3 is 2.47 bits per heavy atom. The Morgan fingerprint density at radius 1 is 0.933 bits per heavy atom. The molecule has 0 bridgehead atoms. The Balaban J connectivity index is 1.51. The van der Waals surface area contributed by atoms with Crippen molar-refractivity contribution in [2.45, 2.75) is 19.8 Å². The molecule has 0 spiro atoms. The minimum Gasteiger partial charge on any atom is -0.311 e. The second-order valence-electron chi connectivity index (χ2n) is 7.63. The number of benzene rings is 3. The number of hydrogen-bond acceptors (Lipinski definition) is 3. The average molecular weight is 411 g/mol. The molecule has 1 amide bonds. The maximum absolute atomic E-state index is 13.3. The van der Waals surface area contributed by atoms with Gasteiger partial charge in [0.25, 0.3) is 0 Å². The fourth-order valence-electron chi connectivity index (χ4n) is 3.94. The number of amides is 1. The quantitative estimate of drug-likeness (QED) is 0.418. The first-order valence-corrected chi connectivity index (χ1v) is 11.0. The van der Waals surface area contributed by atoms with Gasteiger partial charge in [-0.3, -0.25) is 4.79 Å². The van der Waals surface area contributed by atoms with E-state index in [1.807, 2.05) is 41.3 Å². The third-order valence-electron chi connectivity index (χ3n) is 5.54. The van der Waals surface area contributed by atoms with Crippen LogP contribution in [0.2, 0.25) is 0 Å². The van der Waals surface area contributed by atoms with Crippen molar-refractivity contribution in [3.63, 3.8) is 0 Å². The van der Waals surface area contributed by atoms with Crippen LogP contribution in [0.5, 0.6) is 0 Å². The molecular formula is C26H22N2OS. The van der Waals surface area contributed by atoms with Gasteiger partial charge in [-0.05, 0) is 30.5 Å². The van der Waals surface area contributed by atoms with Crippen LogP contribution in [0, 0.1) is 6.92 Å². The average Bonchev–Trinajstić information content (AvgIpc) is 3.39. The van der Waals surface area contributed by atoms with E-state index >= 15 is 0 Å². The van der Waals surface area contributed by atoms with Crippen LogP contribution in [0.4, 0.5) is 5.69 Å². The number of carbonyl (C=O) groups is 1. The van der Waals surface area contributed by atoms with Gasteiger partial charge in [0.1, 0.15) is 5.01 Å². The van der Waals surface area contributed by atoms with Gasteiger partial charge in [0.2, 0.25) is 5.91 Å². The zero-order valence-corrected chi connectivity index (χ0v) is 17.7. The van der Waals surface area contributed by atoms with Crippen molar-refractivity contribution in [1.29, 1.82) is 0 Å². The number of anilines is 1. The minimum absolute atomic E-state index is 0.109. The van der Waals surface area contributed by atoms with E-state index in [2.05, 4.69) is 49.4 Å². The van der Waals surface area contributed by atoms with E-state index < -0.39 is 0 Å². The molecule has 2 heterocycles. The van der Waals surface area contributed by atoms with E-state index in [0.29, 0.717) is 6.42 Å². The van der Waals surface area contributed by atoms with Gasteiger partial charge in [-0.1, -0.05) is 78.4 Å². The fraction of sp³-hybridized carbons (Fsp3) is 0.154. The van der Waals surface area contributed by atoms with Gasteiger partial charge < -0.3 is 4.90 Å². The summed E-state index contributed by atoms with van der Waals surface area (Å²) in [6, 6.07) is 26.8. The van der Waals surface area contributed by atoms with E-state index in [1.165, 1.54) is 11.1 Å². The maximum Gasteiger partial charge on any atom is 0.233 e. The molecule has 0 saturated heterocycles. The van der Waals surface area contributed by atoms with Crippen LogP contribution in [-0.2, 0) is 17.6 Å². The lowest BCUT2D eigenvalue weighted by Crippen LogP contribution is -2.30. The first-order chi connectivity index (χ1) is 14.7. The summed E-state index contributed by atoms with van der Waals surface area (Å²) < 4.78 is 0. The molecule has 0 radical (unpaired) electrons. The number of aryl methyl sites for hydroxylation is 1. The normalized spacial score (nSPS) is 12.8. The molecule has 0 aliphatic carbocycles. The Morgan fingerprint density at radius 2 is 1.67 bits per heavy atom. The summed E-state index contributed by atoms with van der Waals surface area (Å²) >= 11 is 1.66. The van der Waals surface area contributed by atoms with Gasteiger partial charge in [0, 0.05) is 17.8 Å². The van der Waals surface area contributed by atoms with Gasteiger partial charge in [0.15, 0.2) is 0 Å². The van der Waals surface area contributed by atoms with E-state index in [1.54, 1.807) is 11.3 Å². The molecule has 0 saturated carbocycles. The number of carbonyl (C=O) groups excluding carboxylic acids is 1. The van der Waals surface area contributed by atoms with E-state index in [4.69, 9.17) is 4.98 Å². The first-order valence-electron chi connectivity index (χ1n) is 10.2. The number of fused-ring (bicyclic) bond motifs is 1. The second-order valence-corrected chi connectivity index (χ2v) is 8.63. The summed E-state index contributed by atoms with van der Waals surface area (Å²) in [6.07, 6.45) is 1.22. The minimum atomic E-state index is 0.109. The molecule has 148 valence electrons. The first kappa shape index (κ1) is 18.8. The third kappa shape index (κ3) is 3.55. The van der Waals surface area contributed by atoms with Crippen LogP contribution in [0.3, 0.4) is 0 Å².